The van der Waals surface area contributed by atoms with Crippen LogP contribution in [0.2, 0.25) is 0 Å². The number of hydrogen-bond donors (Lipinski definition) is 1. The molecule has 1 unspecified atom stereocenters. The van der Waals surface area contributed by atoms with Gasteiger partial charge >= 0.3 is 0 Å². The van der Waals surface area contributed by atoms with Crippen molar-refractivity contribution in [1.29, 1.82) is 0 Å². The molecule has 1 saturated heterocycles. The maximum atomic E-state index is 13.9. The molecule has 9 heteroatoms. The number of morpholine rings is 1. The highest BCUT2D eigenvalue weighted by atomic mass is 32.2. The van der Waals surface area contributed by atoms with Gasteiger partial charge in [0, 0.05) is 18.8 Å². The van der Waals surface area contributed by atoms with Gasteiger partial charge in [-0.1, -0.05) is 35.9 Å². The Morgan fingerprint density at radius 1 is 0.944 bits per heavy atom. The predicted molar refractivity (Wildman–Crippen MR) is 140 cm³/mol. The summed E-state index contributed by atoms with van der Waals surface area (Å²) >= 11 is 0. The number of anilines is 1. The first-order valence-electron chi connectivity index (χ1n) is 11.9. The van der Waals surface area contributed by atoms with Gasteiger partial charge in [-0.2, -0.15) is 0 Å². The van der Waals surface area contributed by atoms with Gasteiger partial charge in [-0.05, 0) is 56.3 Å². The van der Waals surface area contributed by atoms with Crippen LogP contribution in [0.3, 0.4) is 0 Å². The van der Waals surface area contributed by atoms with Gasteiger partial charge in [-0.3, -0.25) is 9.36 Å². The van der Waals surface area contributed by atoms with Crippen LogP contribution in [0.15, 0.2) is 82.5 Å². The van der Waals surface area contributed by atoms with Gasteiger partial charge in [-0.15, -0.1) is 0 Å². The minimum absolute atomic E-state index is 0.150. The average molecular weight is 505 g/mol. The molecule has 0 saturated carbocycles. The zero-order valence-electron chi connectivity index (χ0n) is 20.2. The number of sulfonamides is 1. The van der Waals surface area contributed by atoms with Crippen LogP contribution in [0.25, 0.3) is 16.6 Å². The lowest BCUT2D eigenvalue weighted by molar-refractivity contribution is 0.122. The first-order chi connectivity index (χ1) is 17.3. The Morgan fingerprint density at radius 2 is 1.61 bits per heavy atom. The summed E-state index contributed by atoms with van der Waals surface area (Å²) in [7, 11) is -3.82. The van der Waals surface area contributed by atoms with Crippen molar-refractivity contribution in [2.24, 2.45) is 0 Å². The molecule has 186 valence electrons. The second kappa shape index (κ2) is 9.85. The van der Waals surface area contributed by atoms with E-state index in [-0.39, 0.29) is 10.5 Å². The Bertz CT molecular complexity index is 1550. The number of hydrogen-bond acceptors (Lipinski definition) is 6. The van der Waals surface area contributed by atoms with Crippen LogP contribution >= 0.6 is 0 Å². The highest BCUT2D eigenvalue weighted by Crippen LogP contribution is 2.24. The van der Waals surface area contributed by atoms with Gasteiger partial charge in [0.25, 0.3) is 5.56 Å². The van der Waals surface area contributed by atoms with E-state index < -0.39 is 16.1 Å². The molecule has 1 aromatic heterocycles. The third-order valence-electron chi connectivity index (χ3n) is 6.32. The Balaban J connectivity index is 1.64. The maximum absolute atomic E-state index is 13.9. The van der Waals surface area contributed by atoms with Crippen LogP contribution in [-0.2, 0) is 14.8 Å². The molecule has 1 aliphatic rings. The summed E-state index contributed by atoms with van der Waals surface area (Å²) in [6, 6.07) is 20.5. The molecule has 1 N–H and O–H groups in total. The minimum Gasteiger partial charge on any atom is -0.378 e. The number of nitrogens with zero attached hydrogens (tertiary/aromatic N) is 3. The van der Waals surface area contributed by atoms with Gasteiger partial charge in [0.05, 0.1) is 40.7 Å². The van der Waals surface area contributed by atoms with Crippen molar-refractivity contribution in [3.63, 3.8) is 0 Å². The number of aryl methyl sites for hydroxylation is 1. The molecule has 2 heterocycles. The second-order valence-electron chi connectivity index (χ2n) is 8.90. The van der Waals surface area contributed by atoms with Gasteiger partial charge in [0.1, 0.15) is 5.82 Å². The third kappa shape index (κ3) is 4.77. The van der Waals surface area contributed by atoms with E-state index in [1.54, 1.807) is 25.1 Å². The van der Waals surface area contributed by atoms with Crippen molar-refractivity contribution in [3.05, 3.63) is 94.5 Å². The molecule has 0 amide bonds. The summed E-state index contributed by atoms with van der Waals surface area (Å²) in [5, 5.41) is 0.474. The molecule has 4 aromatic rings. The SMILES string of the molecule is Cc1ccc(-n2c(C(C)NS(=O)(=O)c3ccccc3)nc3ccc(N4CCOCC4)cc3c2=O)cc1. The number of fused-ring (bicyclic) bond motifs is 1. The van der Waals surface area contributed by atoms with E-state index in [0.717, 1.165) is 24.3 Å². The van der Waals surface area contributed by atoms with Crippen molar-refractivity contribution in [1.82, 2.24) is 14.3 Å². The molecule has 0 bridgehead atoms. The summed E-state index contributed by atoms with van der Waals surface area (Å²) < 4.78 is 35.7. The maximum Gasteiger partial charge on any atom is 0.266 e. The van der Waals surface area contributed by atoms with E-state index in [2.05, 4.69) is 9.62 Å². The molecule has 1 aliphatic heterocycles. The van der Waals surface area contributed by atoms with Crippen LogP contribution in [0.5, 0.6) is 0 Å². The minimum atomic E-state index is -3.82. The molecular weight excluding hydrogens is 476 g/mol. The standard InChI is InChI=1S/C27H28N4O4S/c1-19-8-10-21(11-9-19)31-26(20(2)29-36(33,34)23-6-4-3-5-7-23)28-25-13-12-22(18-24(25)27(31)32)30-14-16-35-17-15-30/h3-13,18,20,29H,14-17H2,1-2H3. The summed E-state index contributed by atoms with van der Waals surface area (Å²) in [4.78, 5) is 21.0. The largest absolute Gasteiger partial charge is 0.378 e. The first kappa shape index (κ1) is 24.2. The second-order valence-corrected chi connectivity index (χ2v) is 10.6. The molecule has 1 atom stereocenters. The van der Waals surface area contributed by atoms with Crippen molar-refractivity contribution in [2.75, 3.05) is 31.2 Å². The zero-order valence-corrected chi connectivity index (χ0v) is 21.0. The molecule has 3 aromatic carbocycles. The lowest BCUT2D eigenvalue weighted by Crippen LogP contribution is -2.36. The number of benzene rings is 3. The topological polar surface area (TPSA) is 93.5 Å². The highest BCUT2D eigenvalue weighted by molar-refractivity contribution is 7.89. The first-order valence-corrected chi connectivity index (χ1v) is 13.4. The van der Waals surface area contributed by atoms with E-state index in [1.807, 2.05) is 49.4 Å². The van der Waals surface area contributed by atoms with Crippen LogP contribution in [-0.4, -0.2) is 44.3 Å². The average Bonchev–Trinajstić information content (AvgIpc) is 2.90. The molecule has 36 heavy (non-hydrogen) atoms. The number of aromatic nitrogens is 2. The van der Waals surface area contributed by atoms with E-state index in [9.17, 15) is 13.2 Å². The molecule has 0 radical (unpaired) electrons. The van der Waals surface area contributed by atoms with Gasteiger partial charge in [0.15, 0.2) is 0 Å². The number of nitrogens with one attached hydrogen (secondary N) is 1. The van der Waals surface area contributed by atoms with E-state index in [4.69, 9.17) is 9.72 Å². The van der Waals surface area contributed by atoms with Crippen molar-refractivity contribution in [3.8, 4) is 5.69 Å². The molecule has 0 spiro atoms. The molecule has 8 nitrogen and oxygen atoms in total. The molecule has 0 aliphatic carbocycles. The van der Waals surface area contributed by atoms with Crippen LogP contribution in [0, 0.1) is 6.92 Å². The van der Waals surface area contributed by atoms with Gasteiger partial charge in [0.2, 0.25) is 10.0 Å². The fraction of sp³-hybridized carbons (Fsp3) is 0.259. The Kier molecular flexibility index (Phi) is 6.61. The van der Waals surface area contributed by atoms with Crippen molar-refractivity contribution in [2.45, 2.75) is 24.8 Å². The van der Waals surface area contributed by atoms with Gasteiger partial charge in [-0.25, -0.2) is 18.1 Å². The number of rotatable bonds is 6. The Hall–Kier alpha value is -3.53. The summed E-state index contributed by atoms with van der Waals surface area (Å²) in [6.07, 6.45) is 0. The molecule has 1 fully saturated rings. The summed E-state index contributed by atoms with van der Waals surface area (Å²) in [5.74, 6) is 0.315. The zero-order chi connectivity index (χ0) is 25.3. The highest BCUT2D eigenvalue weighted by Gasteiger charge is 2.24. The summed E-state index contributed by atoms with van der Waals surface area (Å²) in [5.41, 5.74) is 2.87. The van der Waals surface area contributed by atoms with Crippen LogP contribution in [0.1, 0.15) is 24.4 Å². The quantitative estimate of drug-likeness (QED) is 0.432. The third-order valence-corrected chi connectivity index (χ3v) is 7.88. The van der Waals surface area contributed by atoms with Crippen molar-refractivity contribution >= 4 is 26.6 Å². The molecular formula is C27H28N4O4S. The van der Waals surface area contributed by atoms with E-state index in [0.29, 0.717) is 35.6 Å². The Morgan fingerprint density at radius 3 is 2.31 bits per heavy atom. The smallest absolute Gasteiger partial charge is 0.266 e. The molecule has 5 rings (SSSR count). The monoisotopic (exact) mass is 504 g/mol. The van der Waals surface area contributed by atoms with Crippen molar-refractivity contribution < 1.29 is 13.2 Å². The summed E-state index contributed by atoms with van der Waals surface area (Å²) in [6.45, 7) is 6.45. The predicted octanol–water partition coefficient (Wildman–Crippen LogP) is 3.57. The number of ether oxygens (including phenoxy) is 1. The fourth-order valence-corrected chi connectivity index (χ4v) is 5.62. The lowest BCUT2D eigenvalue weighted by Gasteiger charge is -2.29. The normalized spacial score (nSPS) is 15.2. The van der Waals surface area contributed by atoms with Crippen LogP contribution in [0.4, 0.5) is 5.69 Å². The van der Waals surface area contributed by atoms with Gasteiger partial charge < -0.3 is 9.64 Å². The van der Waals surface area contributed by atoms with Crippen LogP contribution < -0.4 is 15.2 Å². The van der Waals surface area contributed by atoms with E-state index in [1.165, 1.54) is 16.7 Å². The lowest BCUT2D eigenvalue weighted by atomic mass is 10.1. The van der Waals surface area contributed by atoms with E-state index >= 15 is 0 Å². The fourth-order valence-electron chi connectivity index (χ4n) is 4.40. The Labute approximate surface area is 210 Å².